The Bertz CT molecular complexity index is 195. The van der Waals surface area contributed by atoms with Gasteiger partial charge >= 0.3 is 0 Å². The lowest BCUT2D eigenvalue weighted by atomic mass is 9.72. The van der Waals surface area contributed by atoms with Crippen molar-refractivity contribution >= 4 is 0 Å². The van der Waals surface area contributed by atoms with Crippen molar-refractivity contribution in [3.8, 4) is 0 Å². The molecule has 0 aromatic heterocycles. The Hall–Kier alpha value is -0.0800. The van der Waals surface area contributed by atoms with Crippen LogP contribution in [0.15, 0.2) is 0 Å². The molecule has 2 heteroatoms. The number of nitrogens with two attached hydrogens (primary N) is 1. The molecule has 102 valence electrons. The van der Waals surface area contributed by atoms with Crippen LogP contribution >= 0.6 is 0 Å². The van der Waals surface area contributed by atoms with Crippen molar-refractivity contribution in [3.05, 3.63) is 0 Å². The third-order valence-corrected chi connectivity index (χ3v) is 4.36. The van der Waals surface area contributed by atoms with Gasteiger partial charge in [0.15, 0.2) is 0 Å². The highest BCUT2D eigenvalue weighted by molar-refractivity contribution is 4.90. The van der Waals surface area contributed by atoms with Gasteiger partial charge in [-0.1, -0.05) is 27.2 Å². The van der Waals surface area contributed by atoms with Gasteiger partial charge in [-0.2, -0.15) is 0 Å². The monoisotopic (exact) mass is 241 g/mol. The molecule has 2 N–H and O–H groups in total. The molecular weight excluding hydrogens is 210 g/mol. The first-order valence-electron chi connectivity index (χ1n) is 7.44. The Kier molecular flexibility index (Phi) is 6.50. The SMILES string of the molecule is CCCCOCCC1(N)CCC(C(C)C)CC1. The summed E-state index contributed by atoms with van der Waals surface area (Å²) in [6.07, 6.45) is 8.42. The van der Waals surface area contributed by atoms with Crippen molar-refractivity contribution in [2.24, 2.45) is 17.6 Å². The molecule has 0 amide bonds. The van der Waals surface area contributed by atoms with Crippen LogP contribution in [0.25, 0.3) is 0 Å². The van der Waals surface area contributed by atoms with Crippen LogP contribution in [0.3, 0.4) is 0 Å². The topological polar surface area (TPSA) is 35.2 Å². The first kappa shape index (κ1) is 15.0. The summed E-state index contributed by atoms with van der Waals surface area (Å²) in [5.41, 5.74) is 6.52. The summed E-state index contributed by atoms with van der Waals surface area (Å²) in [6.45, 7) is 8.62. The van der Waals surface area contributed by atoms with E-state index in [0.717, 1.165) is 31.5 Å². The van der Waals surface area contributed by atoms with Gasteiger partial charge in [-0.05, 0) is 50.4 Å². The average Bonchev–Trinajstić information content (AvgIpc) is 2.29. The highest BCUT2D eigenvalue weighted by atomic mass is 16.5. The van der Waals surface area contributed by atoms with Gasteiger partial charge in [-0.25, -0.2) is 0 Å². The number of hydrogen-bond acceptors (Lipinski definition) is 2. The van der Waals surface area contributed by atoms with E-state index in [0.29, 0.717) is 0 Å². The van der Waals surface area contributed by atoms with Crippen LogP contribution in [0.1, 0.15) is 65.7 Å². The summed E-state index contributed by atoms with van der Waals surface area (Å²) in [4.78, 5) is 0. The molecule has 1 aliphatic rings. The molecule has 0 atom stereocenters. The fourth-order valence-corrected chi connectivity index (χ4v) is 2.76. The van der Waals surface area contributed by atoms with Gasteiger partial charge in [0.25, 0.3) is 0 Å². The van der Waals surface area contributed by atoms with E-state index in [4.69, 9.17) is 10.5 Å². The van der Waals surface area contributed by atoms with Crippen LogP contribution in [0.2, 0.25) is 0 Å². The number of rotatable bonds is 7. The molecule has 0 saturated heterocycles. The summed E-state index contributed by atoms with van der Waals surface area (Å²) < 4.78 is 5.64. The summed E-state index contributed by atoms with van der Waals surface area (Å²) in [6, 6.07) is 0. The third-order valence-electron chi connectivity index (χ3n) is 4.36. The molecule has 0 unspecified atom stereocenters. The second kappa shape index (κ2) is 7.38. The van der Waals surface area contributed by atoms with Crippen LogP contribution in [-0.2, 0) is 4.74 Å². The highest BCUT2D eigenvalue weighted by Crippen LogP contribution is 2.36. The largest absolute Gasteiger partial charge is 0.381 e. The molecular formula is C15H31NO. The van der Waals surface area contributed by atoms with Crippen LogP contribution < -0.4 is 5.73 Å². The van der Waals surface area contributed by atoms with E-state index in [-0.39, 0.29) is 5.54 Å². The number of unbranched alkanes of at least 4 members (excludes halogenated alkanes) is 1. The normalized spacial score (nSPS) is 29.8. The fourth-order valence-electron chi connectivity index (χ4n) is 2.76. The molecule has 1 saturated carbocycles. The smallest absolute Gasteiger partial charge is 0.0483 e. The van der Waals surface area contributed by atoms with Crippen LogP contribution in [0.5, 0.6) is 0 Å². The Morgan fingerprint density at radius 2 is 1.88 bits per heavy atom. The van der Waals surface area contributed by atoms with Gasteiger partial charge in [0.05, 0.1) is 0 Å². The van der Waals surface area contributed by atoms with E-state index in [2.05, 4.69) is 20.8 Å². The first-order valence-corrected chi connectivity index (χ1v) is 7.44. The Balaban J connectivity index is 2.16. The van der Waals surface area contributed by atoms with Crippen molar-refractivity contribution in [2.75, 3.05) is 13.2 Å². The molecule has 1 rings (SSSR count). The minimum Gasteiger partial charge on any atom is -0.381 e. The number of ether oxygens (including phenoxy) is 1. The van der Waals surface area contributed by atoms with Gasteiger partial charge < -0.3 is 10.5 Å². The second-order valence-electron chi connectivity index (χ2n) is 6.16. The molecule has 0 bridgehead atoms. The lowest BCUT2D eigenvalue weighted by Crippen LogP contribution is -2.44. The van der Waals surface area contributed by atoms with Crippen molar-refractivity contribution in [3.63, 3.8) is 0 Å². The van der Waals surface area contributed by atoms with Crippen molar-refractivity contribution < 1.29 is 4.74 Å². The molecule has 17 heavy (non-hydrogen) atoms. The van der Waals surface area contributed by atoms with E-state index < -0.39 is 0 Å². The molecule has 0 radical (unpaired) electrons. The molecule has 0 heterocycles. The van der Waals surface area contributed by atoms with E-state index in [1.54, 1.807) is 0 Å². The maximum atomic E-state index is 6.46. The van der Waals surface area contributed by atoms with Gasteiger partial charge in [-0.15, -0.1) is 0 Å². The minimum absolute atomic E-state index is 0.0671. The maximum absolute atomic E-state index is 6.46. The fraction of sp³-hybridized carbons (Fsp3) is 1.00. The predicted octanol–water partition coefficient (Wildman–Crippen LogP) is 3.74. The van der Waals surface area contributed by atoms with Gasteiger partial charge in [-0.3, -0.25) is 0 Å². The quantitative estimate of drug-likeness (QED) is 0.689. The summed E-state index contributed by atoms with van der Waals surface area (Å²) in [5, 5.41) is 0. The lowest BCUT2D eigenvalue weighted by molar-refractivity contribution is 0.0934. The molecule has 0 aliphatic heterocycles. The van der Waals surface area contributed by atoms with E-state index >= 15 is 0 Å². The second-order valence-corrected chi connectivity index (χ2v) is 6.16. The summed E-state index contributed by atoms with van der Waals surface area (Å²) in [5.74, 6) is 1.72. The first-order chi connectivity index (χ1) is 8.07. The zero-order valence-corrected chi connectivity index (χ0v) is 12.0. The van der Waals surface area contributed by atoms with Crippen molar-refractivity contribution in [2.45, 2.75) is 71.3 Å². The average molecular weight is 241 g/mol. The minimum atomic E-state index is 0.0671. The van der Waals surface area contributed by atoms with Crippen molar-refractivity contribution in [1.82, 2.24) is 0 Å². The molecule has 2 nitrogen and oxygen atoms in total. The van der Waals surface area contributed by atoms with Gasteiger partial charge in [0.1, 0.15) is 0 Å². The highest BCUT2D eigenvalue weighted by Gasteiger charge is 2.32. The lowest BCUT2D eigenvalue weighted by Gasteiger charge is -2.38. The summed E-state index contributed by atoms with van der Waals surface area (Å²) >= 11 is 0. The predicted molar refractivity (Wildman–Crippen MR) is 74.1 cm³/mol. The number of hydrogen-bond donors (Lipinski definition) is 1. The molecule has 0 aromatic carbocycles. The van der Waals surface area contributed by atoms with E-state index in [1.807, 2.05) is 0 Å². The van der Waals surface area contributed by atoms with Gasteiger partial charge in [0, 0.05) is 18.8 Å². The summed E-state index contributed by atoms with van der Waals surface area (Å²) in [7, 11) is 0. The van der Waals surface area contributed by atoms with Crippen LogP contribution in [0, 0.1) is 11.8 Å². The molecule has 1 fully saturated rings. The van der Waals surface area contributed by atoms with Crippen LogP contribution in [0.4, 0.5) is 0 Å². The third kappa shape index (κ3) is 5.39. The van der Waals surface area contributed by atoms with E-state index in [9.17, 15) is 0 Å². The maximum Gasteiger partial charge on any atom is 0.0483 e. The van der Waals surface area contributed by atoms with Crippen molar-refractivity contribution in [1.29, 1.82) is 0 Å². The zero-order valence-electron chi connectivity index (χ0n) is 12.0. The van der Waals surface area contributed by atoms with Crippen LogP contribution in [-0.4, -0.2) is 18.8 Å². The Morgan fingerprint density at radius 3 is 2.41 bits per heavy atom. The standard InChI is InChI=1S/C15H31NO/c1-4-5-11-17-12-10-15(16)8-6-14(7-9-15)13(2)3/h13-14H,4-12,16H2,1-3H3. The molecule has 0 spiro atoms. The molecule has 1 aliphatic carbocycles. The zero-order chi connectivity index (χ0) is 12.7. The molecule has 0 aromatic rings. The Labute approximate surface area is 107 Å². The van der Waals surface area contributed by atoms with E-state index in [1.165, 1.54) is 38.5 Å². The van der Waals surface area contributed by atoms with Gasteiger partial charge in [0.2, 0.25) is 0 Å². The Morgan fingerprint density at radius 1 is 1.24 bits per heavy atom.